The second-order valence-electron chi connectivity index (χ2n) is 6.44. The average Bonchev–Trinajstić information content (AvgIpc) is 3.14. The van der Waals surface area contributed by atoms with Crippen LogP contribution in [0.25, 0.3) is 10.8 Å². The molecule has 1 atom stereocenters. The smallest absolute Gasteiger partial charge is 0.227 e. The molecule has 0 saturated carbocycles. The molecule has 4 heteroatoms. The van der Waals surface area contributed by atoms with Crippen LogP contribution in [-0.4, -0.2) is 28.9 Å². The van der Waals surface area contributed by atoms with Gasteiger partial charge in [0.25, 0.3) is 0 Å². The van der Waals surface area contributed by atoms with Crippen LogP contribution in [0.2, 0.25) is 0 Å². The maximum atomic E-state index is 12.6. The van der Waals surface area contributed by atoms with Crippen LogP contribution in [0.5, 0.6) is 0 Å². The largest absolute Gasteiger partial charge is 0.342 e. The Kier molecular flexibility index (Phi) is 4.30. The number of hydrogen-bond donors (Lipinski definition) is 0. The molecule has 3 aromatic rings. The van der Waals surface area contributed by atoms with Crippen molar-refractivity contribution >= 4 is 28.0 Å². The van der Waals surface area contributed by atoms with Gasteiger partial charge in [-0.2, -0.15) is 11.3 Å². The van der Waals surface area contributed by atoms with E-state index in [-0.39, 0.29) is 5.91 Å². The number of pyridine rings is 1. The van der Waals surface area contributed by atoms with E-state index >= 15 is 0 Å². The number of aromatic nitrogens is 1. The molecule has 0 aliphatic carbocycles. The van der Waals surface area contributed by atoms with E-state index in [2.05, 4.69) is 34.6 Å². The Morgan fingerprint density at radius 1 is 1.25 bits per heavy atom. The zero-order valence-electron chi connectivity index (χ0n) is 13.5. The van der Waals surface area contributed by atoms with Gasteiger partial charge < -0.3 is 4.90 Å². The maximum Gasteiger partial charge on any atom is 0.227 e. The van der Waals surface area contributed by atoms with Gasteiger partial charge in [0.1, 0.15) is 0 Å². The molecule has 0 unspecified atom stereocenters. The molecular weight excluding hydrogens is 316 g/mol. The number of carbonyl (C=O) groups excluding carboxylic acids is 1. The highest BCUT2D eigenvalue weighted by atomic mass is 32.1. The van der Waals surface area contributed by atoms with Crippen LogP contribution in [0.1, 0.15) is 30.0 Å². The molecule has 0 radical (unpaired) electrons. The summed E-state index contributed by atoms with van der Waals surface area (Å²) in [6, 6.07) is 12.5. The number of carbonyl (C=O) groups is 1. The summed E-state index contributed by atoms with van der Waals surface area (Å²) in [5.74, 6) is 0.577. The summed E-state index contributed by atoms with van der Waals surface area (Å²) in [5, 5.41) is 6.48. The van der Waals surface area contributed by atoms with Gasteiger partial charge in [0.05, 0.1) is 6.42 Å². The van der Waals surface area contributed by atoms with Gasteiger partial charge in [-0.25, -0.2) is 0 Å². The van der Waals surface area contributed by atoms with Crippen LogP contribution < -0.4 is 0 Å². The fourth-order valence-corrected chi connectivity index (χ4v) is 4.12. The minimum absolute atomic E-state index is 0.235. The fraction of sp³-hybridized carbons (Fsp3) is 0.300. The standard InChI is InChI=1S/C20H20N2OS/c23-20(10-15-7-9-24-14-15)22-8-3-6-18(13-22)19-11-16-4-1-2-5-17(16)12-21-19/h1-2,4-5,7,9,11-12,14,18H,3,6,8,10,13H2/t18-/m1/s1. The Balaban J connectivity index is 1.50. The molecule has 1 saturated heterocycles. The molecule has 1 aromatic carbocycles. The number of thiophene rings is 1. The number of likely N-dealkylation sites (tertiary alicyclic amines) is 1. The van der Waals surface area contributed by atoms with Crippen molar-refractivity contribution in [2.45, 2.75) is 25.2 Å². The number of hydrogen-bond acceptors (Lipinski definition) is 3. The molecule has 0 spiro atoms. The fourth-order valence-electron chi connectivity index (χ4n) is 3.45. The Labute approximate surface area is 146 Å². The molecule has 0 N–H and O–H groups in total. The maximum absolute atomic E-state index is 12.6. The van der Waals surface area contributed by atoms with Gasteiger partial charge in [0, 0.05) is 36.3 Å². The summed E-state index contributed by atoms with van der Waals surface area (Å²) in [6.07, 6.45) is 4.63. The van der Waals surface area contributed by atoms with E-state index in [1.165, 1.54) is 10.8 Å². The van der Waals surface area contributed by atoms with Crippen LogP contribution in [-0.2, 0) is 11.2 Å². The molecule has 1 aliphatic heterocycles. The molecule has 24 heavy (non-hydrogen) atoms. The lowest BCUT2D eigenvalue weighted by atomic mass is 9.93. The van der Waals surface area contributed by atoms with Gasteiger partial charge in [-0.05, 0) is 46.7 Å². The van der Waals surface area contributed by atoms with Crippen molar-refractivity contribution in [3.8, 4) is 0 Å². The first-order valence-electron chi connectivity index (χ1n) is 8.43. The van der Waals surface area contributed by atoms with Gasteiger partial charge in [-0.15, -0.1) is 0 Å². The molecule has 122 valence electrons. The molecule has 1 fully saturated rings. The van der Waals surface area contributed by atoms with Crippen LogP contribution in [0.4, 0.5) is 0 Å². The molecule has 2 aromatic heterocycles. The molecule has 0 bridgehead atoms. The third kappa shape index (κ3) is 3.20. The van der Waals surface area contributed by atoms with Crippen LogP contribution in [0.15, 0.2) is 53.4 Å². The number of amides is 1. The van der Waals surface area contributed by atoms with E-state index in [0.717, 1.165) is 37.2 Å². The molecule has 4 rings (SSSR count). The van der Waals surface area contributed by atoms with Crippen molar-refractivity contribution in [2.24, 2.45) is 0 Å². The quantitative estimate of drug-likeness (QED) is 0.716. The first kappa shape index (κ1) is 15.3. The van der Waals surface area contributed by atoms with E-state index in [0.29, 0.717) is 12.3 Å². The summed E-state index contributed by atoms with van der Waals surface area (Å²) in [5.41, 5.74) is 2.23. The molecule has 1 aliphatic rings. The van der Waals surface area contributed by atoms with E-state index in [1.807, 2.05) is 28.6 Å². The summed E-state index contributed by atoms with van der Waals surface area (Å²) in [4.78, 5) is 19.2. The molecule has 3 nitrogen and oxygen atoms in total. The second-order valence-corrected chi connectivity index (χ2v) is 7.22. The highest BCUT2D eigenvalue weighted by Gasteiger charge is 2.25. The lowest BCUT2D eigenvalue weighted by Gasteiger charge is -2.32. The summed E-state index contributed by atoms with van der Waals surface area (Å²) < 4.78 is 0. The molecule has 3 heterocycles. The first-order chi connectivity index (χ1) is 11.8. The van der Waals surface area contributed by atoms with Crippen LogP contribution in [0, 0.1) is 0 Å². The van der Waals surface area contributed by atoms with E-state index < -0.39 is 0 Å². The predicted molar refractivity (Wildman–Crippen MR) is 98.3 cm³/mol. The van der Waals surface area contributed by atoms with Gasteiger partial charge >= 0.3 is 0 Å². The topological polar surface area (TPSA) is 33.2 Å². The summed E-state index contributed by atoms with van der Waals surface area (Å²) in [6.45, 7) is 1.65. The van der Waals surface area contributed by atoms with Gasteiger partial charge in [0.15, 0.2) is 0 Å². The monoisotopic (exact) mass is 336 g/mol. The SMILES string of the molecule is O=C(Cc1ccsc1)N1CCC[C@@H](c2cc3ccccc3cn2)C1. The first-order valence-corrected chi connectivity index (χ1v) is 9.37. The van der Waals surface area contributed by atoms with Gasteiger partial charge in [-0.1, -0.05) is 24.3 Å². The Bertz CT molecular complexity index is 844. The second kappa shape index (κ2) is 6.73. The highest BCUT2D eigenvalue weighted by molar-refractivity contribution is 7.08. The zero-order valence-corrected chi connectivity index (χ0v) is 14.3. The van der Waals surface area contributed by atoms with Crippen molar-refractivity contribution in [3.05, 3.63) is 64.6 Å². The van der Waals surface area contributed by atoms with E-state index in [1.54, 1.807) is 11.3 Å². The van der Waals surface area contributed by atoms with E-state index in [9.17, 15) is 4.79 Å². The number of benzene rings is 1. The summed E-state index contributed by atoms with van der Waals surface area (Å²) in [7, 11) is 0. The Morgan fingerprint density at radius 2 is 2.12 bits per heavy atom. The van der Waals surface area contributed by atoms with Gasteiger partial charge in [-0.3, -0.25) is 9.78 Å². The van der Waals surface area contributed by atoms with Crippen molar-refractivity contribution in [1.82, 2.24) is 9.88 Å². The summed E-state index contributed by atoms with van der Waals surface area (Å²) >= 11 is 1.65. The normalized spacial score (nSPS) is 18.0. The van der Waals surface area contributed by atoms with Crippen molar-refractivity contribution < 1.29 is 4.79 Å². The van der Waals surface area contributed by atoms with Crippen molar-refractivity contribution in [3.63, 3.8) is 0 Å². The molecular formula is C20H20N2OS. The van der Waals surface area contributed by atoms with Crippen molar-refractivity contribution in [1.29, 1.82) is 0 Å². The minimum Gasteiger partial charge on any atom is -0.342 e. The Morgan fingerprint density at radius 3 is 2.96 bits per heavy atom. The van der Waals surface area contributed by atoms with Crippen LogP contribution in [0.3, 0.4) is 0 Å². The Hall–Kier alpha value is -2.20. The lowest BCUT2D eigenvalue weighted by molar-refractivity contribution is -0.131. The van der Waals surface area contributed by atoms with Gasteiger partial charge in [0.2, 0.25) is 5.91 Å². The third-order valence-electron chi connectivity index (χ3n) is 4.78. The van der Waals surface area contributed by atoms with Crippen molar-refractivity contribution in [2.75, 3.05) is 13.1 Å². The zero-order chi connectivity index (χ0) is 16.4. The van der Waals surface area contributed by atoms with Crippen LogP contribution >= 0.6 is 11.3 Å². The number of nitrogens with zero attached hydrogens (tertiary/aromatic N) is 2. The number of fused-ring (bicyclic) bond motifs is 1. The average molecular weight is 336 g/mol. The highest BCUT2D eigenvalue weighted by Crippen LogP contribution is 2.28. The number of rotatable bonds is 3. The number of piperidine rings is 1. The lowest BCUT2D eigenvalue weighted by Crippen LogP contribution is -2.40. The van der Waals surface area contributed by atoms with E-state index in [4.69, 9.17) is 0 Å². The minimum atomic E-state index is 0.235. The third-order valence-corrected chi connectivity index (χ3v) is 5.51. The predicted octanol–water partition coefficient (Wildman–Crippen LogP) is 4.25. The molecule has 1 amide bonds.